The molecular formula is C31H31F3N4O3. The predicted molar refractivity (Wildman–Crippen MR) is 149 cm³/mol. The Balaban J connectivity index is 1.01. The van der Waals surface area contributed by atoms with Crippen molar-refractivity contribution in [3.8, 4) is 5.75 Å². The smallest absolute Gasteiger partial charge is 0.416 e. The summed E-state index contributed by atoms with van der Waals surface area (Å²) in [5.74, 6) is 0.736. The van der Waals surface area contributed by atoms with Crippen LogP contribution in [0.5, 0.6) is 5.75 Å². The van der Waals surface area contributed by atoms with Gasteiger partial charge in [0.25, 0.3) is 5.91 Å². The van der Waals surface area contributed by atoms with Gasteiger partial charge in [-0.25, -0.2) is 0 Å². The molecule has 0 bridgehead atoms. The van der Waals surface area contributed by atoms with Gasteiger partial charge in [0.05, 0.1) is 5.56 Å². The number of ether oxygens (including phenoxy) is 1. The summed E-state index contributed by atoms with van der Waals surface area (Å²) in [6.45, 7) is 3.87. The van der Waals surface area contributed by atoms with Crippen LogP contribution < -0.4 is 15.0 Å². The van der Waals surface area contributed by atoms with Crippen LogP contribution in [0, 0.1) is 0 Å². The second-order valence-corrected chi connectivity index (χ2v) is 10.7. The number of carbonyl (C=O) groups excluding carboxylic acids is 1. The zero-order valence-electron chi connectivity index (χ0n) is 22.4. The standard InChI is InChI=1S/C31H31F3N4O3/c32-31(33,34)23-3-5-25(6-4-23)38-14-10-26(11-15-38)40-27-7-8-28-22(16-27)17-29(41-28)30(39)36-24-9-13-37(20-24)19-21-2-1-12-35-18-21/h1-8,12,16-18,24,26H,9-11,13-15,19-20H2,(H,36,39). The van der Waals surface area contributed by atoms with Gasteiger partial charge in [0.2, 0.25) is 0 Å². The number of nitrogens with one attached hydrogen (secondary N) is 1. The Kier molecular flexibility index (Phi) is 7.57. The number of hydrogen-bond acceptors (Lipinski definition) is 6. The van der Waals surface area contributed by atoms with Gasteiger partial charge in [-0.3, -0.25) is 14.7 Å². The number of aromatic nitrogens is 1. The Morgan fingerprint density at radius 1 is 1.02 bits per heavy atom. The van der Waals surface area contributed by atoms with Crippen molar-refractivity contribution in [2.24, 2.45) is 0 Å². The molecule has 4 aromatic rings. The zero-order valence-corrected chi connectivity index (χ0v) is 22.4. The molecule has 1 atom stereocenters. The molecule has 41 heavy (non-hydrogen) atoms. The molecule has 2 aromatic heterocycles. The Hall–Kier alpha value is -4.05. The summed E-state index contributed by atoms with van der Waals surface area (Å²) in [4.78, 5) is 21.5. The number of carbonyl (C=O) groups is 1. The third-order valence-electron chi connectivity index (χ3n) is 7.75. The lowest BCUT2D eigenvalue weighted by atomic mass is 10.1. The summed E-state index contributed by atoms with van der Waals surface area (Å²) in [5.41, 5.74) is 1.90. The second kappa shape index (κ2) is 11.4. The molecule has 1 amide bonds. The molecule has 1 unspecified atom stereocenters. The average Bonchev–Trinajstić information content (AvgIpc) is 3.60. The fourth-order valence-electron chi connectivity index (χ4n) is 5.59. The second-order valence-electron chi connectivity index (χ2n) is 10.7. The van der Waals surface area contributed by atoms with E-state index < -0.39 is 11.7 Å². The van der Waals surface area contributed by atoms with Crippen LogP contribution in [0.3, 0.4) is 0 Å². The third-order valence-corrected chi connectivity index (χ3v) is 7.75. The SMILES string of the molecule is O=C(NC1CCN(Cc2cccnc2)C1)c1cc2cc(OC3CCN(c4ccc(C(F)(F)F)cc4)CC3)ccc2o1. The minimum absolute atomic E-state index is 0.00945. The van der Waals surface area contributed by atoms with E-state index >= 15 is 0 Å². The van der Waals surface area contributed by atoms with Gasteiger partial charge in [0.1, 0.15) is 17.4 Å². The van der Waals surface area contributed by atoms with E-state index in [-0.39, 0.29) is 23.8 Å². The number of hydrogen-bond donors (Lipinski definition) is 1. The van der Waals surface area contributed by atoms with Gasteiger partial charge in [-0.05, 0) is 66.6 Å². The van der Waals surface area contributed by atoms with Crippen molar-refractivity contribution < 1.29 is 27.1 Å². The van der Waals surface area contributed by atoms with Crippen LogP contribution in [0.25, 0.3) is 11.0 Å². The van der Waals surface area contributed by atoms with Crippen LogP contribution in [0.15, 0.2) is 77.5 Å². The number of halogens is 3. The number of anilines is 1. The first kappa shape index (κ1) is 27.1. The number of furan rings is 1. The molecule has 2 aliphatic heterocycles. The highest BCUT2D eigenvalue weighted by Gasteiger charge is 2.30. The van der Waals surface area contributed by atoms with E-state index in [1.54, 1.807) is 12.3 Å². The minimum Gasteiger partial charge on any atom is -0.490 e. The molecule has 2 saturated heterocycles. The quantitative estimate of drug-likeness (QED) is 0.302. The summed E-state index contributed by atoms with van der Waals surface area (Å²) in [6.07, 6.45) is 1.65. The normalized spacial score (nSPS) is 18.6. The average molecular weight is 565 g/mol. The van der Waals surface area contributed by atoms with Gasteiger partial charge in [-0.15, -0.1) is 0 Å². The van der Waals surface area contributed by atoms with Crippen molar-refractivity contribution in [2.45, 2.75) is 44.1 Å². The van der Waals surface area contributed by atoms with Crippen molar-refractivity contribution in [1.29, 1.82) is 0 Å². The number of alkyl halides is 3. The van der Waals surface area contributed by atoms with Gasteiger partial charge in [0.15, 0.2) is 5.76 Å². The van der Waals surface area contributed by atoms with E-state index in [4.69, 9.17) is 9.15 Å². The lowest BCUT2D eigenvalue weighted by molar-refractivity contribution is -0.137. The first-order chi connectivity index (χ1) is 19.8. The summed E-state index contributed by atoms with van der Waals surface area (Å²) >= 11 is 0. The summed E-state index contributed by atoms with van der Waals surface area (Å²) in [6, 6.07) is 16.6. The van der Waals surface area contributed by atoms with E-state index in [0.29, 0.717) is 24.4 Å². The molecule has 10 heteroatoms. The monoisotopic (exact) mass is 564 g/mol. The number of benzene rings is 2. The number of piperidine rings is 1. The molecule has 1 N–H and O–H groups in total. The van der Waals surface area contributed by atoms with Crippen LogP contribution in [-0.4, -0.2) is 54.1 Å². The minimum atomic E-state index is -4.33. The van der Waals surface area contributed by atoms with Crippen LogP contribution >= 0.6 is 0 Å². The van der Waals surface area contributed by atoms with E-state index in [1.807, 2.05) is 30.5 Å². The summed E-state index contributed by atoms with van der Waals surface area (Å²) in [7, 11) is 0. The molecule has 6 rings (SSSR count). The largest absolute Gasteiger partial charge is 0.490 e. The van der Waals surface area contributed by atoms with Crippen molar-refractivity contribution in [1.82, 2.24) is 15.2 Å². The highest BCUT2D eigenvalue weighted by molar-refractivity contribution is 5.96. The lowest BCUT2D eigenvalue weighted by Gasteiger charge is -2.33. The molecule has 7 nitrogen and oxygen atoms in total. The molecule has 0 radical (unpaired) electrons. The fourth-order valence-corrected chi connectivity index (χ4v) is 5.59. The maximum Gasteiger partial charge on any atom is 0.416 e. The predicted octanol–water partition coefficient (Wildman–Crippen LogP) is 5.90. The van der Waals surface area contributed by atoms with Crippen LogP contribution in [0.2, 0.25) is 0 Å². The number of nitrogens with zero attached hydrogens (tertiary/aromatic N) is 3. The highest BCUT2D eigenvalue weighted by atomic mass is 19.4. The number of amides is 1. The topological polar surface area (TPSA) is 70.8 Å². The zero-order chi connectivity index (χ0) is 28.4. The van der Waals surface area contributed by atoms with E-state index in [1.165, 1.54) is 12.1 Å². The summed E-state index contributed by atoms with van der Waals surface area (Å²) in [5, 5.41) is 3.89. The summed E-state index contributed by atoms with van der Waals surface area (Å²) < 4.78 is 50.6. The first-order valence-electron chi connectivity index (χ1n) is 13.8. The molecule has 2 aromatic carbocycles. The Morgan fingerprint density at radius 3 is 2.56 bits per heavy atom. The Bertz CT molecular complexity index is 1480. The Morgan fingerprint density at radius 2 is 1.83 bits per heavy atom. The molecular weight excluding hydrogens is 533 g/mol. The van der Waals surface area contributed by atoms with Crippen LogP contribution in [0.1, 0.15) is 40.9 Å². The van der Waals surface area contributed by atoms with E-state index in [0.717, 1.165) is 67.7 Å². The number of fused-ring (bicyclic) bond motifs is 1. The van der Waals surface area contributed by atoms with Crippen molar-refractivity contribution in [2.75, 3.05) is 31.1 Å². The van der Waals surface area contributed by atoms with Crippen LogP contribution in [0.4, 0.5) is 18.9 Å². The van der Waals surface area contributed by atoms with Gasteiger partial charge in [0, 0.05) is 75.1 Å². The molecule has 0 aliphatic carbocycles. The third kappa shape index (κ3) is 6.48. The maximum atomic E-state index is 12.9. The van der Waals surface area contributed by atoms with Crippen LogP contribution in [-0.2, 0) is 12.7 Å². The first-order valence-corrected chi connectivity index (χ1v) is 13.8. The van der Waals surface area contributed by atoms with E-state index in [2.05, 4.69) is 26.2 Å². The molecule has 0 spiro atoms. The molecule has 214 valence electrons. The number of rotatable bonds is 7. The Labute approximate surface area is 235 Å². The van der Waals surface area contributed by atoms with Gasteiger partial charge < -0.3 is 19.4 Å². The maximum absolute atomic E-state index is 12.9. The van der Waals surface area contributed by atoms with Crippen molar-refractivity contribution in [3.05, 3.63) is 89.9 Å². The highest BCUT2D eigenvalue weighted by Crippen LogP contribution is 2.32. The van der Waals surface area contributed by atoms with Gasteiger partial charge >= 0.3 is 6.18 Å². The number of pyridine rings is 1. The molecule has 2 aliphatic rings. The lowest BCUT2D eigenvalue weighted by Crippen LogP contribution is -2.38. The molecule has 0 saturated carbocycles. The molecule has 4 heterocycles. The van der Waals surface area contributed by atoms with Crippen molar-refractivity contribution in [3.63, 3.8) is 0 Å². The van der Waals surface area contributed by atoms with E-state index in [9.17, 15) is 18.0 Å². The fraction of sp³-hybridized carbons (Fsp3) is 0.355. The van der Waals surface area contributed by atoms with Gasteiger partial charge in [-0.1, -0.05) is 6.07 Å². The van der Waals surface area contributed by atoms with Crippen molar-refractivity contribution >= 4 is 22.6 Å². The molecule has 2 fully saturated rings. The van der Waals surface area contributed by atoms with Gasteiger partial charge in [-0.2, -0.15) is 13.2 Å². The number of likely N-dealkylation sites (tertiary alicyclic amines) is 1.